The maximum absolute atomic E-state index is 10.0. The van der Waals surface area contributed by atoms with E-state index in [9.17, 15) is 4.79 Å². The predicted molar refractivity (Wildman–Crippen MR) is 59.0 cm³/mol. The van der Waals surface area contributed by atoms with E-state index in [1.54, 1.807) is 0 Å². The summed E-state index contributed by atoms with van der Waals surface area (Å²) in [5.41, 5.74) is 0.432. The van der Waals surface area contributed by atoms with Gasteiger partial charge in [0, 0.05) is 13.0 Å². The van der Waals surface area contributed by atoms with Crippen LogP contribution in [-0.4, -0.2) is 19.0 Å². The van der Waals surface area contributed by atoms with Crippen molar-refractivity contribution in [2.75, 3.05) is 6.61 Å². The van der Waals surface area contributed by atoms with Crippen LogP contribution in [0.4, 0.5) is 0 Å². The van der Waals surface area contributed by atoms with Gasteiger partial charge < -0.3 is 4.74 Å². The average Bonchev–Trinajstić information content (AvgIpc) is 2.62. The van der Waals surface area contributed by atoms with Crippen LogP contribution in [0.1, 0.15) is 39.5 Å². The zero-order valence-electron chi connectivity index (χ0n) is 9.66. The summed E-state index contributed by atoms with van der Waals surface area (Å²) < 4.78 is 5.88. The highest BCUT2D eigenvalue weighted by Gasteiger charge is 2.53. The van der Waals surface area contributed by atoms with Gasteiger partial charge >= 0.3 is 0 Å². The fourth-order valence-corrected chi connectivity index (χ4v) is 3.20. The predicted octanol–water partition coefficient (Wildman–Crippen LogP) is 2.53. The second-order valence-corrected chi connectivity index (χ2v) is 5.40. The van der Waals surface area contributed by atoms with Crippen molar-refractivity contribution >= 4 is 6.29 Å². The Morgan fingerprint density at radius 3 is 2.87 bits per heavy atom. The standard InChI is InChI=1S/C13H20O2/c1-13(2)10-5-6-11(13)12(9-10)15-8-4-3-7-14/h5,10-12H,3-4,6,8-9H2,1-2H3. The number of carbonyl (C=O) groups excluding carboxylic acids is 1. The van der Waals surface area contributed by atoms with Gasteiger partial charge in [0.1, 0.15) is 0 Å². The fraction of sp³-hybridized carbons (Fsp3) is 0.846. The molecule has 2 heteroatoms. The molecule has 0 aromatic carbocycles. The zero-order valence-corrected chi connectivity index (χ0v) is 9.66. The molecule has 2 rings (SSSR count). The van der Waals surface area contributed by atoms with Crippen molar-refractivity contribution in [2.24, 2.45) is 17.3 Å². The van der Waals surface area contributed by atoms with Gasteiger partial charge in [0.25, 0.3) is 0 Å². The molecule has 2 bridgehead atoms. The van der Waals surface area contributed by atoms with Gasteiger partial charge in [-0.05, 0) is 42.9 Å². The van der Waals surface area contributed by atoms with Crippen LogP contribution in [0, 0.1) is 23.7 Å². The maximum atomic E-state index is 10.0. The molecule has 2 aliphatic carbocycles. The van der Waals surface area contributed by atoms with Crippen LogP contribution < -0.4 is 0 Å². The number of unbranched alkanes of at least 4 members (excludes halogenated alkanes) is 1. The number of ether oxygens (including phenoxy) is 1. The lowest BCUT2D eigenvalue weighted by atomic mass is 9.82. The number of rotatable bonds is 5. The molecule has 0 spiro atoms. The molecule has 2 aliphatic rings. The third kappa shape index (κ3) is 1.96. The second-order valence-electron chi connectivity index (χ2n) is 5.40. The van der Waals surface area contributed by atoms with E-state index in [0.717, 1.165) is 18.9 Å². The summed E-state index contributed by atoms with van der Waals surface area (Å²) in [7, 11) is 0. The van der Waals surface area contributed by atoms with Gasteiger partial charge in [-0.2, -0.15) is 0 Å². The summed E-state index contributed by atoms with van der Waals surface area (Å²) in [6.45, 7) is 5.43. The van der Waals surface area contributed by atoms with Crippen molar-refractivity contribution in [3.05, 3.63) is 6.42 Å². The van der Waals surface area contributed by atoms with Crippen LogP contribution in [-0.2, 0) is 9.53 Å². The Balaban J connectivity index is 1.79. The monoisotopic (exact) mass is 208 g/mol. The van der Waals surface area contributed by atoms with Crippen LogP contribution in [0.15, 0.2) is 0 Å². The van der Waals surface area contributed by atoms with E-state index < -0.39 is 0 Å². The summed E-state index contributed by atoms with van der Waals surface area (Å²) in [5, 5.41) is 0. The van der Waals surface area contributed by atoms with E-state index in [2.05, 4.69) is 20.3 Å². The van der Waals surface area contributed by atoms with Crippen molar-refractivity contribution in [1.29, 1.82) is 0 Å². The molecule has 0 heterocycles. The first-order valence-corrected chi connectivity index (χ1v) is 5.96. The summed E-state index contributed by atoms with van der Waals surface area (Å²) in [6.07, 6.45) is 8.53. The third-order valence-electron chi connectivity index (χ3n) is 4.28. The van der Waals surface area contributed by atoms with Crippen molar-refractivity contribution in [3.8, 4) is 0 Å². The molecule has 0 saturated heterocycles. The molecule has 0 N–H and O–H groups in total. The minimum absolute atomic E-state index is 0.432. The molecular weight excluding hydrogens is 188 g/mol. The third-order valence-corrected chi connectivity index (χ3v) is 4.28. The quantitative estimate of drug-likeness (QED) is 0.649. The maximum Gasteiger partial charge on any atom is 0.198 e. The van der Waals surface area contributed by atoms with Crippen LogP contribution in [0.2, 0.25) is 0 Å². The van der Waals surface area contributed by atoms with E-state index in [4.69, 9.17) is 4.74 Å². The normalized spacial score (nSPS) is 37.1. The molecule has 3 unspecified atom stereocenters. The van der Waals surface area contributed by atoms with E-state index in [-0.39, 0.29) is 0 Å². The van der Waals surface area contributed by atoms with Crippen molar-refractivity contribution < 1.29 is 9.53 Å². The lowest BCUT2D eigenvalue weighted by Gasteiger charge is -2.26. The Hall–Kier alpha value is -0.370. The Kier molecular flexibility index (Phi) is 3.15. The van der Waals surface area contributed by atoms with Crippen LogP contribution in [0.3, 0.4) is 0 Å². The van der Waals surface area contributed by atoms with E-state index in [1.807, 2.05) is 6.29 Å². The summed E-state index contributed by atoms with van der Waals surface area (Å²) in [5.74, 6) is 1.44. The van der Waals surface area contributed by atoms with Gasteiger partial charge in [-0.3, -0.25) is 4.79 Å². The van der Waals surface area contributed by atoms with Crippen molar-refractivity contribution in [2.45, 2.75) is 45.6 Å². The number of hydrogen-bond donors (Lipinski definition) is 0. The van der Waals surface area contributed by atoms with Gasteiger partial charge in [-0.1, -0.05) is 13.8 Å². The highest BCUT2D eigenvalue weighted by atomic mass is 16.5. The van der Waals surface area contributed by atoms with Crippen molar-refractivity contribution in [3.63, 3.8) is 0 Å². The summed E-state index contributed by atoms with van der Waals surface area (Å²) >= 11 is 0. The first-order valence-electron chi connectivity index (χ1n) is 5.96. The molecule has 0 aliphatic heterocycles. The highest BCUT2D eigenvalue weighted by Crippen LogP contribution is 2.57. The van der Waals surface area contributed by atoms with E-state index in [0.29, 0.717) is 23.9 Å². The molecule has 3 atom stereocenters. The Morgan fingerprint density at radius 1 is 1.53 bits per heavy atom. The summed E-state index contributed by atoms with van der Waals surface area (Å²) in [6, 6.07) is 0. The molecule has 2 nitrogen and oxygen atoms in total. The van der Waals surface area contributed by atoms with Crippen LogP contribution in [0.5, 0.6) is 0 Å². The van der Waals surface area contributed by atoms with Gasteiger partial charge in [-0.15, -0.1) is 0 Å². The Bertz CT molecular complexity index is 235. The molecule has 0 amide bonds. The molecular formula is C13H20O2. The molecule has 84 valence electrons. The van der Waals surface area contributed by atoms with Crippen LogP contribution in [0.25, 0.3) is 0 Å². The smallest absolute Gasteiger partial charge is 0.198 e. The van der Waals surface area contributed by atoms with Gasteiger partial charge in [0.2, 0.25) is 0 Å². The van der Waals surface area contributed by atoms with Gasteiger partial charge in [0.15, 0.2) is 6.29 Å². The van der Waals surface area contributed by atoms with Crippen LogP contribution >= 0.6 is 0 Å². The highest BCUT2D eigenvalue weighted by molar-refractivity contribution is 5.50. The summed E-state index contributed by atoms with van der Waals surface area (Å²) in [4.78, 5) is 10.0. The Labute approximate surface area is 92.4 Å². The first kappa shape index (κ1) is 11.1. The topological polar surface area (TPSA) is 26.3 Å². The minimum Gasteiger partial charge on any atom is -0.378 e. The lowest BCUT2D eigenvalue weighted by molar-refractivity contribution is 0.00949. The van der Waals surface area contributed by atoms with E-state index in [1.165, 1.54) is 12.8 Å². The van der Waals surface area contributed by atoms with E-state index >= 15 is 0 Å². The number of hydrogen-bond acceptors (Lipinski definition) is 2. The minimum atomic E-state index is 0.432. The molecule has 15 heavy (non-hydrogen) atoms. The number of fused-ring (bicyclic) bond motifs is 2. The first-order chi connectivity index (χ1) is 7.16. The average molecular weight is 208 g/mol. The molecule has 2 radical (unpaired) electrons. The van der Waals surface area contributed by atoms with Crippen molar-refractivity contribution in [1.82, 2.24) is 0 Å². The SMILES string of the molecule is CC1(C)C2[CH]CC1C(OCCC[C]=O)C2. The van der Waals surface area contributed by atoms with Gasteiger partial charge in [0.05, 0.1) is 6.10 Å². The Morgan fingerprint density at radius 2 is 2.33 bits per heavy atom. The zero-order chi connectivity index (χ0) is 10.9. The second kappa shape index (κ2) is 4.25. The molecule has 2 saturated carbocycles. The molecule has 0 aromatic rings. The lowest BCUT2D eigenvalue weighted by Crippen LogP contribution is -2.25. The molecule has 0 aromatic heterocycles. The largest absolute Gasteiger partial charge is 0.378 e. The molecule has 2 fully saturated rings. The van der Waals surface area contributed by atoms with Gasteiger partial charge in [-0.25, -0.2) is 0 Å². The fourth-order valence-electron chi connectivity index (χ4n) is 3.20.